The van der Waals surface area contributed by atoms with Gasteiger partial charge in [0, 0.05) is 32.2 Å². The third-order valence-corrected chi connectivity index (χ3v) is 4.87. The molecule has 1 aromatic heterocycles. The van der Waals surface area contributed by atoms with Crippen LogP contribution in [0.5, 0.6) is 0 Å². The molecular weight excluding hydrogens is 336 g/mol. The van der Waals surface area contributed by atoms with Crippen molar-refractivity contribution >= 4 is 11.6 Å². The van der Waals surface area contributed by atoms with E-state index >= 15 is 0 Å². The van der Waals surface area contributed by atoms with Gasteiger partial charge in [0.2, 0.25) is 0 Å². The second kappa shape index (κ2) is 7.66. The SMILES string of the molecule is Cc1ccc(N[C@@](C)(C(=O)N(C)Cc2nccn2C)c2ccccc2)cc1. The van der Waals surface area contributed by atoms with Crippen LogP contribution in [-0.2, 0) is 23.9 Å². The second-order valence-electron chi connectivity index (χ2n) is 7.10. The fraction of sp³-hybridized carbons (Fsp3) is 0.273. The van der Waals surface area contributed by atoms with Gasteiger partial charge in [-0.25, -0.2) is 4.98 Å². The monoisotopic (exact) mass is 362 g/mol. The summed E-state index contributed by atoms with van der Waals surface area (Å²) in [4.78, 5) is 19.6. The van der Waals surface area contributed by atoms with E-state index in [0.29, 0.717) is 6.54 Å². The highest BCUT2D eigenvalue weighted by Gasteiger charge is 2.37. The number of likely N-dealkylation sites (N-methyl/N-ethyl adjacent to an activating group) is 1. The van der Waals surface area contributed by atoms with Gasteiger partial charge in [0.25, 0.3) is 5.91 Å². The van der Waals surface area contributed by atoms with Gasteiger partial charge < -0.3 is 14.8 Å². The third-order valence-electron chi connectivity index (χ3n) is 4.87. The minimum absolute atomic E-state index is 0.0164. The number of carbonyl (C=O) groups is 1. The molecule has 0 saturated carbocycles. The van der Waals surface area contributed by atoms with Gasteiger partial charge >= 0.3 is 0 Å². The maximum atomic E-state index is 13.5. The van der Waals surface area contributed by atoms with E-state index in [9.17, 15) is 4.79 Å². The standard InChI is InChI=1S/C22H26N4O/c1-17-10-12-19(13-11-17)24-22(2,18-8-6-5-7-9-18)21(27)26(4)16-20-23-14-15-25(20)3/h5-15,24H,16H2,1-4H3/t22-/m1/s1. The Balaban J connectivity index is 1.92. The number of anilines is 1. The minimum atomic E-state index is -0.892. The normalized spacial score (nSPS) is 13.0. The highest BCUT2D eigenvalue weighted by Crippen LogP contribution is 2.29. The van der Waals surface area contributed by atoms with Crippen LogP contribution < -0.4 is 5.32 Å². The summed E-state index contributed by atoms with van der Waals surface area (Å²) in [6.45, 7) is 4.42. The summed E-state index contributed by atoms with van der Waals surface area (Å²) in [5.41, 5.74) is 2.12. The number of aryl methyl sites for hydroxylation is 2. The average Bonchev–Trinajstić information content (AvgIpc) is 3.08. The van der Waals surface area contributed by atoms with Crippen molar-refractivity contribution in [1.29, 1.82) is 0 Å². The van der Waals surface area contributed by atoms with E-state index in [4.69, 9.17) is 0 Å². The fourth-order valence-electron chi connectivity index (χ4n) is 3.16. The van der Waals surface area contributed by atoms with E-state index < -0.39 is 5.54 Å². The summed E-state index contributed by atoms with van der Waals surface area (Å²) >= 11 is 0. The summed E-state index contributed by atoms with van der Waals surface area (Å²) < 4.78 is 1.93. The van der Waals surface area contributed by atoms with Crippen molar-refractivity contribution in [2.45, 2.75) is 25.9 Å². The van der Waals surface area contributed by atoms with Crippen molar-refractivity contribution in [3.63, 3.8) is 0 Å². The largest absolute Gasteiger partial charge is 0.368 e. The Kier molecular flexibility index (Phi) is 5.31. The molecule has 1 amide bonds. The maximum absolute atomic E-state index is 13.5. The lowest BCUT2D eigenvalue weighted by atomic mass is 9.89. The van der Waals surface area contributed by atoms with E-state index in [-0.39, 0.29) is 5.91 Å². The predicted molar refractivity (Wildman–Crippen MR) is 108 cm³/mol. The third kappa shape index (κ3) is 4.03. The van der Waals surface area contributed by atoms with Crippen molar-refractivity contribution in [2.75, 3.05) is 12.4 Å². The minimum Gasteiger partial charge on any atom is -0.368 e. The zero-order valence-electron chi connectivity index (χ0n) is 16.3. The molecule has 3 aromatic rings. The lowest BCUT2D eigenvalue weighted by Crippen LogP contribution is -2.48. The van der Waals surface area contributed by atoms with Crippen LogP contribution in [0, 0.1) is 6.92 Å². The number of imidazole rings is 1. The van der Waals surface area contributed by atoms with Crippen LogP contribution in [0.3, 0.4) is 0 Å². The van der Waals surface area contributed by atoms with Gasteiger partial charge in [-0.05, 0) is 31.5 Å². The topological polar surface area (TPSA) is 50.2 Å². The van der Waals surface area contributed by atoms with E-state index in [1.54, 1.807) is 11.1 Å². The van der Waals surface area contributed by atoms with Crippen LogP contribution in [0.25, 0.3) is 0 Å². The molecule has 0 unspecified atom stereocenters. The molecule has 0 aliphatic rings. The molecule has 140 valence electrons. The predicted octanol–water partition coefficient (Wildman–Crippen LogP) is 3.71. The maximum Gasteiger partial charge on any atom is 0.252 e. The number of benzene rings is 2. The van der Waals surface area contributed by atoms with E-state index in [0.717, 1.165) is 17.1 Å². The van der Waals surface area contributed by atoms with E-state index in [1.807, 2.05) is 93.3 Å². The van der Waals surface area contributed by atoms with Gasteiger partial charge in [-0.1, -0.05) is 48.0 Å². The van der Waals surface area contributed by atoms with Gasteiger partial charge in [0.15, 0.2) is 0 Å². The molecule has 5 nitrogen and oxygen atoms in total. The van der Waals surface area contributed by atoms with Crippen molar-refractivity contribution < 1.29 is 4.79 Å². The smallest absolute Gasteiger partial charge is 0.252 e. The number of rotatable bonds is 6. The van der Waals surface area contributed by atoms with Gasteiger partial charge in [-0.2, -0.15) is 0 Å². The molecule has 3 rings (SSSR count). The number of hydrogen-bond acceptors (Lipinski definition) is 3. The molecule has 0 aliphatic carbocycles. The number of amides is 1. The number of hydrogen-bond donors (Lipinski definition) is 1. The molecule has 1 N–H and O–H groups in total. The van der Waals surface area contributed by atoms with Crippen LogP contribution in [0.1, 0.15) is 23.9 Å². The average molecular weight is 362 g/mol. The zero-order chi connectivity index (χ0) is 19.4. The fourth-order valence-corrected chi connectivity index (χ4v) is 3.16. The molecule has 0 spiro atoms. The Morgan fingerprint density at radius 2 is 1.81 bits per heavy atom. The van der Waals surface area contributed by atoms with Gasteiger partial charge in [0.05, 0.1) is 6.54 Å². The molecule has 27 heavy (non-hydrogen) atoms. The molecule has 0 aliphatic heterocycles. The summed E-state index contributed by atoms with van der Waals surface area (Å²) in [6, 6.07) is 17.9. The first-order chi connectivity index (χ1) is 12.9. The van der Waals surface area contributed by atoms with Crippen LogP contribution in [0.2, 0.25) is 0 Å². The van der Waals surface area contributed by atoms with Gasteiger partial charge in [0.1, 0.15) is 11.4 Å². The molecule has 0 radical (unpaired) electrons. The zero-order valence-corrected chi connectivity index (χ0v) is 16.3. The quantitative estimate of drug-likeness (QED) is 0.727. The van der Waals surface area contributed by atoms with E-state index in [2.05, 4.69) is 10.3 Å². The first-order valence-corrected chi connectivity index (χ1v) is 9.02. The first kappa shape index (κ1) is 18.7. The Bertz CT molecular complexity index is 902. The lowest BCUT2D eigenvalue weighted by molar-refractivity contribution is -0.135. The highest BCUT2D eigenvalue weighted by atomic mass is 16.2. The van der Waals surface area contributed by atoms with Crippen LogP contribution in [0.15, 0.2) is 67.0 Å². The Labute approximate surface area is 160 Å². The number of nitrogens with one attached hydrogen (secondary N) is 1. The van der Waals surface area contributed by atoms with Crippen molar-refractivity contribution in [3.8, 4) is 0 Å². The van der Waals surface area contributed by atoms with Crippen LogP contribution in [0.4, 0.5) is 5.69 Å². The van der Waals surface area contributed by atoms with Crippen molar-refractivity contribution in [1.82, 2.24) is 14.5 Å². The Morgan fingerprint density at radius 1 is 1.15 bits per heavy atom. The van der Waals surface area contributed by atoms with E-state index in [1.165, 1.54) is 5.56 Å². The molecular formula is C22H26N4O. The molecule has 1 heterocycles. The Hall–Kier alpha value is -3.08. The number of aromatic nitrogens is 2. The molecule has 0 saturated heterocycles. The molecule has 0 fully saturated rings. The van der Waals surface area contributed by atoms with Crippen molar-refractivity contribution in [2.24, 2.45) is 7.05 Å². The van der Waals surface area contributed by atoms with Gasteiger partial charge in [-0.3, -0.25) is 4.79 Å². The summed E-state index contributed by atoms with van der Waals surface area (Å²) in [5, 5.41) is 3.46. The summed E-state index contributed by atoms with van der Waals surface area (Å²) in [5.74, 6) is 0.828. The molecule has 2 aromatic carbocycles. The summed E-state index contributed by atoms with van der Waals surface area (Å²) in [7, 11) is 3.75. The number of carbonyl (C=O) groups excluding carboxylic acids is 1. The first-order valence-electron chi connectivity index (χ1n) is 9.02. The van der Waals surface area contributed by atoms with Crippen LogP contribution in [-0.4, -0.2) is 27.4 Å². The molecule has 0 bridgehead atoms. The molecule has 1 atom stereocenters. The van der Waals surface area contributed by atoms with Crippen molar-refractivity contribution in [3.05, 3.63) is 83.9 Å². The highest BCUT2D eigenvalue weighted by molar-refractivity contribution is 5.90. The number of nitrogens with zero attached hydrogens (tertiary/aromatic N) is 3. The Morgan fingerprint density at radius 3 is 2.41 bits per heavy atom. The van der Waals surface area contributed by atoms with Gasteiger partial charge in [-0.15, -0.1) is 0 Å². The lowest BCUT2D eigenvalue weighted by Gasteiger charge is -2.35. The van der Waals surface area contributed by atoms with Crippen LogP contribution >= 0.6 is 0 Å². The second-order valence-corrected chi connectivity index (χ2v) is 7.10. The summed E-state index contributed by atoms with van der Waals surface area (Å²) in [6.07, 6.45) is 3.63. The molecule has 5 heteroatoms.